The van der Waals surface area contributed by atoms with E-state index in [1.807, 2.05) is 0 Å². The molecule has 0 atom stereocenters. The van der Waals surface area contributed by atoms with E-state index in [9.17, 15) is 0 Å². The summed E-state index contributed by atoms with van der Waals surface area (Å²) in [5, 5.41) is 13.2. The normalized spacial score (nSPS) is 20.3. The van der Waals surface area contributed by atoms with Crippen LogP contribution in [0.25, 0.3) is 0 Å². The summed E-state index contributed by atoms with van der Waals surface area (Å²) in [4.78, 5) is 0. The first-order valence-corrected chi connectivity index (χ1v) is 18.8. The Morgan fingerprint density at radius 2 is 0.917 bits per heavy atom. The maximum absolute atomic E-state index is 5.77. The van der Waals surface area contributed by atoms with Gasteiger partial charge in [0, 0.05) is 0 Å². The van der Waals surface area contributed by atoms with E-state index < -0.39 is 25.0 Å². The smallest absolute Gasteiger partial charge is 0.278 e. The van der Waals surface area contributed by atoms with Crippen molar-refractivity contribution in [1.29, 1.82) is 0 Å². The Hall–Kier alpha value is -0.939. The number of rotatable bonds is 6. The largest absolute Gasteiger partial charge is 0.455 e. The fourth-order valence-corrected chi connectivity index (χ4v) is 2.81. The molecule has 0 spiro atoms. The molecule has 6 nitrogen and oxygen atoms in total. The predicted molar refractivity (Wildman–Crippen MR) is 109 cm³/mol. The lowest BCUT2D eigenvalue weighted by Crippen LogP contribution is -2.34. The highest BCUT2D eigenvalue weighted by molar-refractivity contribution is 6.73. The molecule has 0 aromatic carbocycles. The second-order valence-electron chi connectivity index (χ2n) is 8.98. The van der Waals surface area contributed by atoms with Crippen molar-refractivity contribution in [3.8, 4) is 0 Å². The van der Waals surface area contributed by atoms with Gasteiger partial charge in [-0.2, -0.15) is 0 Å². The number of oxime groups is 3. The van der Waals surface area contributed by atoms with Crippen LogP contribution in [-0.2, 0) is 13.6 Å². The van der Waals surface area contributed by atoms with Crippen molar-refractivity contribution in [3.05, 3.63) is 0 Å². The van der Waals surface area contributed by atoms with Crippen LogP contribution in [0, 0.1) is 0 Å². The third-order valence-electron chi connectivity index (χ3n) is 2.64. The van der Waals surface area contributed by atoms with Gasteiger partial charge < -0.3 is 13.6 Å². The molecule has 0 amide bonds. The molecule has 0 radical (unpaired) electrons. The van der Waals surface area contributed by atoms with Crippen LogP contribution >= 0.6 is 0 Å². The fourth-order valence-electron chi connectivity index (χ4n) is 1.68. The molecule has 9 heteroatoms. The predicted octanol–water partition coefficient (Wildman–Crippen LogP) is 4.79. The summed E-state index contributed by atoms with van der Waals surface area (Å²) in [5.41, 5.74) is 2.33. The lowest BCUT2D eigenvalue weighted by atomic mass is 9.94. The van der Waals surface area contributed by atoms with Crippen LogP contribution < -0.4 is 0 Å². The van der Waals surface area contributed by atoms with Gasteiger partial charge in [0.2, 0.25) is 0 Å². The summed E-state index contributed by atoms with van der Waals surface area (Å²) >= 11 is 0. The first-order valence-electron chi connectivity index (χ1n) is 8.54. The van der Waals surface area contributed by atoms with Crippen LogP contribution in [0.3, 0.4) is 0 Å². The topological polar surface area (TPSA) is 64.8 Å². The summed E-state index contributed by atoms with van der Waals surface area (Å²) in [6.45, 7) is 19.0. The number of hydrogen-bond donors (Lipinski definition) is 0. The first kappa shape index (κ1) is 21.1. The van der Waals surface area contributed by atoms with Crippen LogP contribution in [0.2, 0.25) is 58.9 Å². The first-order chi connectivity index (χ1) is 10.8. The minimum atomic E-state index is -1.78. The summed E-state index contributed by atoms with van der Waals surface area (Å²) < 4.78 is 17.2. The third kappa shape index (κ3) is 8.78. The van der Waals surface area contributed by atoms with Crippen molar-refractivity contribution < 1.29 is 13.6 Å². The summed E-state index contributed by atoms with van der Waals surface area (Å²) in [6.07, 6.45) is 2.61. The van der Waals surface area contributed by atoms with Gasteiger partial charge >= 0.3 is 0 Å². The molecule has 1 aliphatic rings. The molecule has 1 rings (SSSR count). The zero-order valence-electron chi connectivity index (χ0n) is 16.7. The van der Waals surface area contributed by atoms with Gasteiger partial charge in [0.25, 0.3) is 25.0 Å². The summed E-state index contributed by atoms with van der Waals surface area (Å²) in [6, 6.07) is 0. The minimum Gasteiger partial charge on any atom is -0.455 e. The van der Waals surface area contributed by atoms with Gasteiger partial charge in [-0.05, 0) is 78.2 Å². The molecule has 138 valence electrons. The molecule has 1 saturated carbocycles. The highest BCUT2D eigenvalue weighted by atomic mass is 28.4. The molecule has 0 N–H and O–H groups in total. The van der Waals surface area contributed by atoms with Crippen LogP contribution in [0.15, 0.2) is 15.5 Å². The Morgan fingerprint density at radius 3 is 1.25 bits per heavy atom. The Kier molecular flexibility index (Phi) is 7.00. The second-order valence-corrected chi connectivity index (χ2v) is 22.2. The van der Waals surface area contributed by atoms with E-state index in [-0.39, 0.29) is 0 Å². The summed E-state index contributed by atoms with van der Waals surface area (Å²) in [5.74, 6) is 0. The van der Waals surface area contributed by atoms with Crippen molar-refractivity contribution >= 4 is 42.1 Å². The van der Waals surface area contributed by atoms with E-state index in [2.05, 4.69) is 74.4 Å². The molecular formula is C15H33N3O3Si3. The second kappa shape index (κ2) is 7.96. The molecule has 0 bridgehead atoms. The Bertz CT molecular complexity index is 491. The highest BCUT2D eigenvalue weighted by Crippen LogP contribution is 2.17. The summed E-state index contributed by atoms with van der Waals surface area (Å²) in [7, 11) is -5.26. The number of nitrogens with zero attached hydrogens (tertiary/aromatic N) is 3. The van der Waals surface area contributed by atoms with Crippen LogP contribution in [0.5, 0.6) is 0 Å². The molecule has 0 unspecified atom stereocenters. The fraction of sp³-hybridized carbons (Fsp3) is 0.800. The Labute approximate surface area is 149 Å². The molecule has 0 heterocycles. The van der Waals surface area contributed by atoms with Gasteiger partial charge in [-0.1, -0.05) is 5.16 Å². The standard InChI is InChI=1S/C15H33N3O3Si3/c1-22(2,3)19-16-13-11-10-12-14(17-20-23(4,5)6)15(13)18-21-24(7,8)9/h10-12H2,1-9H3. The molecule has 1 aliphatic carbocycles. The molecular weight excluding hydrogens is 354 g/mol. The average Bonchev–Trinajstić information content (AvgIpc) is 2.38. The monoisotopic (exact) mass is 387 g/mol. The van der Waals surface area contributed by atoms with E-state index in [4.69, 9.17) is 13.6 Å². The van der Waals surface area contributed by atoms with E-state index >= 15 is 0 Å². The maximum atomic E-state index is 5.77. The van der Waals surface area contributed by atoms with Gasteiger partial charge in [0.05, 0.1) is 0 Å². The highest BCUT2D eigenvalue weighted by Gasteiger charge is 2.28. The molecule has 24 heavy (non-hydrogen) atoms. The molecule has 0 aromatic heterocycles. The van der Waals surface area contributed by atoms with Crippen molar-refractivity contribution in [3.63, 3.8) is 0 Å². The zero-order valence-corrected chi connectivity index (χ0v) is 19.7. The van der Waals surface area contributed by atoms with E-state index in [0.29, 0.717) is 5.71 Å². The maximum Gasteiger partial charge on any atom is 0.278 e. The van der Waals surface area contributed by atoms with Crippen molar-refractivity contribution in [2.24, 2.45) is 15.5 Å². The molecule has 0 aliphatic heterocycles. The lowest BCUT2D eigenvalue weighted by Gasteiger charge is -2.22. The van der Waals surface area contributed by atoms with E-state index in [1.54, 1.807) is 0 Å². The van der Waals surface area contributed by atoms with Gasteiger partial charge in [-0.15, -0.1) is 10.3 Å². The van der Waals surface area contributed by atoms with Crippen molar-refractivity contribution in [2.75, 3.05) is 0 Å². The molecule has 1 fully saturated rings. The molecule has 0 saturated heterocycles. The Balaban J connectivity index is 3.13. The van der Waals surface area contributed by atoms with Gasteiger partial charge in [-0.25, -0.2) is 0 Å². The van der Waals surface area contributed by atoms with Crippen LogP contribution in [0.4, 0.5) is 0 Å². The lowest BCUT2D eigenvalue weighted by molar-refractivity contribution is 0.326. The van der Waals surface area contributed by atoms with Crippen molar-refractivity contribution in [1.82, 2.24) is 0 Å². The Morgan fingerprint density at radius 1 is 0.583 bits per heavy atom. The third-order valence-corrected chi connectivity index (χ3v) is 4.56. The van der Waals surface area contributed by atoms with Crippen molar-refractivity contribution in [2.45, 2.75) is 78.2 Å². The van der Waals surface area contributed by atoms with E-state index in [1.165, 1.54) is 0 Å². The van der Waals surface area contributed by atoms with Gasteiger partial charge in [0.1, 0.15) is 11.4 Å². The molecule has 0 aromatic rings. The van der Waals surface area contributed by atoms with Crippen LogP contribution in [-0.4, -0.2) is 42.1 Å². The van der Waals surface area contributed by atoms with Gasteiger partial charge in [-0.3, -0.25) is 0 Å². The van der Waals surface area contributed by atoms with Gasteiger partial charge in [0.15, 0.2) is 5.71 Å². The zero-order chi connectivity index (χ0) is 18.6. The number of hydrogen-bond acceptors (Lipinski definition) is 6. The average molecular weight is 388 g/mol. The quantitative estimate of drug-likeness (QED) is 0.486. The van der Waals surface area contributed by atoms with E-state index in [0.717, 1.165) is 30.7 Å². The van der Waals surface area contributed by atoms with Crippen LogP contribution in [0.1, 0.15) is 19.3 Å². The SMILES string of the molecule is C[Si](C)(C)ON=C1CCCC(=NO[Si](C)(C)C)C1=NO[Si](C)(C)C. The minimum absolute atomic E-state index is 0.695.